The molecule has 2 aromatic carbocycles. The lowest BCUT2D eigenvalue weighted by Crippen LogP contribution is -2.01. The fraction of sp³-hybridized carbons (Fsp3) is 0. The summed E-state index contributed by atoms with van der Waals surface area (Å²) in [7, 11) is 0. The molecule has 0 bridgehead atoms. The fourth-order valence-electron chi connectivity index (χ4n) is 2.23. The minimum atomic E-state index is -0.559. The summed E-state index contributed by atoms with van der Waals surface area (Å²) < 4.78 is 0. The molecule has 1 heterocycles. The summed E-state index contributed by atoms with van der Waals surface area (Å²) >= 11 is 0. The highest BCUT2D eigenvalue weighted by Gasteiger charge is 2.16. The topological polar surface area (TPSA) is 164 Å². The molecule has 24 heavy (non-hydrogen) atoms. The third-order valence-electron chi connectivity index (χ3n) is 3.41. The molecule has 4 N–H and O–H groups in total. The van der Waals surface area contributed by atoms with Crippen LogP contribution in [0.15, 0.2) is 36.4 Å². The third-order valence-corrected chi connectivity index (χ3v) is 3.41. The van der Waals surface area contributed by atoms with Crippen LogP contribution in [-0.4, -0.2) is 19.8 Å². The van der Waals surface area contributed by atoms with Gasteiger partial charge in [0, 0.05) is 40.9 Å². The maximum Gasteiger partial charge on any atom is 0.270 e. The monoisotopic (exact) mass is 326 g/mol. The molecule has 0 unspecified atom stereocenters. The molecule has 0 amide bonds. The van der Waals surface area contributed by atoms with Crippen LogP contribution in [0.25, 0.3) is 22.3 Å². The number of hydrogen-bond donors (Lipinski definition) is 2. The van der Waals surface area contributed by atoms with Crippen molar-refractivity contribution in [1.29, 1.82) is 0 Å². The zero-order chi connectivity index (χ0) is 17.4. The van der Waals surface area contributed by atoms with Crippen LogP contribution in [0.2, 0.25) is 0 Å². The smallest absolute Gasteiger partial charge is 0.270 e. The van der Waals surface area contributed by atoms with Crippen molar-refractivity contribution < 1.29 is 9.85 Å². The van der Waals surface area contributed by atoms with Gasteiger partial charge in [-0.25, -0.2) is 9.97 Å². The van der Waals surface area contributed by atoms with Crippen LogP contribution < -0.4 is 11.5 Å². The Morgan fingerprint density at radius 3 is 2.17 bits per heavy atom. The Labute approximate surface area is 134 Å². The molecule has 0 aliphatic rings. The van der Waals surface area contributed by atoms with Gasteiger partial charge in [0.25, 0.3) is 11.4 Å². The molecule has 3 aromatic rings. The molecule has 0 saturated carbocycles. The van der Waals surface area contributed by atoms with E-state index in [4.69, 9.17) is 11.5 Å². The van der Waals surface area contributed by atoms with Gasteiger partial charge >= 0.3 is 0 Å². The molecule has 0 saturated heterocycles. The Kier molecular flexibility index (Phi) is 3.41. The number of non-ortho nitro benzene ring substituents is 2. The molecule has 0 aliphatic heterocycles. The number of nitro groups is 2. The van der Waals surface area contributed by atoms with Gasteiger partial charge < -0.3 is 11.5 Å². The molecule has 10 heteroatoms. The normalized spacial score (nSPS) is 10.7. The van der Waals surface area contributed by atoms with E-state index < -0.39 is 9.85 Å². The molecule has 10 nitrogen and oxygen atoms in total. The van der Waals surface area contributed by atoms with Crippen molar-refractivity contribution in [2.75, 3.05) is 11.5 Å². The zero-order valence-corrected chi connectivity index (χ0v) is 12.0. The van der Waals surface area contributed by atoms with E-state index in [-0.39, 0.29) is 34.3 Å². The number of nitrogens with two attached hydrogens (primary N) is 2. The summed E-state index contributed by atoms with van der Waals surface area (Å²) in [5, 5.41) is 22.1. The van der Waals surface area contributed by atoms with Crippen molar-refractivity contribution in [1.82, 2.24) is 9.97 Å². The number of nitrogen functional groups attached to an aromatic ring is 2. The van der Waals surface area contributed by atoms with Gasteiger partial charge in [-0.05, 0) is 12.1 Å². The van der Waals surface area contributed by atoms with Crippen molar-refractivity contribution in [3.63, 3.8) is 0 Å². The van der Waals surface area contributed by atoms with E-state index in [1.165, 1.54) is 36.4 Å². The van der Waals surface area contributed by atoms with E-state index in [0.29, 0.717) is 10.9 Å². The van der Waals surface area contributed by atoms with E-state index >= 15 is 0 Å². The SMILES string of the molecule is Nc1ccc([N+](=O)[O-])cc1-c1nc(N)c2cc([N+](=O)[O-])ccc2n1. The molecular weight excluding hydrogens is 316 g/mol. The van der Waals surface area contributed by atoms with Crippen LogP contribution >= 0.6 is 0 Å². The molecule has 1 aromatic heterocycles. The highest BCUT2D eigenvalue weighted by Crippen LogP contribution is 2.31. The van der Waals surface area contributed by atoms with Gasteiger partial charge in [0.2, 0.25) is 0 Å². The number of nitrogens with zero attached hydrogens (tertiary/aromatic N) is 4. The highest BCUT2D eigenvalue weighted by molar-refractivity contribution is 5.92. The van der Waals surface area contributed by atoms with E-state index in [1.54, 1.807) is 0 Å². The first-order valence-corrected chi connectivity index (χ1v) is 6.63. The minimum absolute atomic E-state index is 0.0182. The molecule has 3 rings (SSSR count). The van der Waals surface area contributed by atoms with Crippen LogP contribution in [-0.2, 0) is 0 Å². The number of fused-ring (bicyclic) bond motifs is 1. The predicted octanol–water partition coefficient (Wildman–Crippen LogP) is 2.28. The number of nitro benzene ring substituents is 2. The van der Waals surface area contributed by atoms with Gasteiger partial charge in [0.15, 0.2) is 5.82 Å². The van der Waals surface area contributed by atoms with Crippen LogP contribution in [0.5, 0.6) is 0 Å². The summed E-state index contributed by atoms with van der Waals surface area (Å²) in [6.45, 7) is 0. The van der Waals surface area contributed by atoms with E-state index in [1.807, 2.05) is 0 Å². The summed E-state index contributed by atoms with van der Waals surface area (Å²) in [5.74, 6) is 0.125. The third kappa shape index (κ3) is 2.52. The first-order chi connectivity index (χ1) is 11.4. The number of aromatic nitrogens is 2. The van der Waals surface area contributed by atoms with Crippen LogP contribution in [0, 0.1) is 20.2 Å². The molecule has 0 spiro atoms. The van der Waals surface area contributed by atoms with Gasteiger partial charge in [-0.1, -0.05) is 0 Å². The van der Waals surface area contributed by atoms with E-state index in [0.717, 1.165) is 0 Å². The Hall–Kier alpha value is -3.82. The quantitative estimate of drug-likeness (QED) is 0.420. The molecule has 0 aliphatic carbocycles. The van der Waals surface area contributed by atoms with Crippen molar-refractivity contribution >= 4 is 33.8 Å². The molecule has 0 atom stereocenters. The second kappa shape index (κ2) is 5.43. The Balaban J connectivity index is 2.21. The summed E-state index contributed by atoms with van der Waals surface area (Å²) in [5.41, 5.74) is 12.3. The van der Waals surface area contributed by atoms with E-state index in [2.05, 4.69) is 9.97 Å². The molecular formula is C14H10N6O4. The first-order valence-electron chi connectivity index (χ1n) is 6.63. The second-order valence-electron chi connectivity index (χ2n) is 4.92. The molecule has 0 radical (unpaired) electrons. The average Bonchev–Trinajstić information content (AvgIpc) is 2.54. The Bertz CT molecular complexity index is 1000. The van der Waals surface area contributed by atoms with Gasteiger partial charge in [-0.3, -0.25) is 20.2 Å². The summed E-state index contributed by atoms with van der Waals surface area (Å²) in [4.78, 5) is 29.0. The van der Waals surface area contributed by atoms with Crippen molar-refractivity contribution in [3.8, 4) is 11.4 Å². The average molecular weight is 326 g/mol. The predicted molar refractivity (Wildman–Crippen MR) is 87.1 cm³/mol. The first kappa shape index (κ1) is 15.1. The lowest BCUT2D eigenvalue weighted by Gasteiger charge is -2.07. The van der Waals surface area contributed by atoms with Crippen LogP contribution in [0.1, 0.15) is 0 Å². The van der Waals surface area contributed by atoms with Gasteiger partial charge in [-0.2, -0.15) is 0 Å². The minimum Gasteiger partial charge on any atom is -0.398 e. The molecule has 120 valence electrons. The number of anilines is 2. The number of rotatable bonds is 3. The van der Waals surface area contributed by atoms with Crippen LogP contribution in [0.4, 0.5) is 22.9 Å². The lowest BCUT2D eigenvalue weighted by molar-refractivity contribution is -0.384. The second-order valence-corrected chi connectivity index (χ2v) is 4.92. The maximum absolute atomic E-state index is 10.9. The largest absolute Gasteiger partial charge is 0.398 e. The van der Waals surface area contributed by atoms with Crippen molar-refractivity contribution in [2.24, 2.45) is 0 Å². The van der Waals surface area contributed by atoms with Crippen molar-refractivity contribution in [3.05, 3.63) is 56.6 Å². The number of hydrogen-bond acceptors (Lipinski definition) is 8. The Morgan fingerprint density at radius 2 is 1.50 bits per heavy atom. The van der Waals surface area contributed by atoms with Gasteiger partial charge in [0.1, 0.15) is 5.82 Å². The zero-order valence-electron chi connectivity index (χ0n) is 12.0. The summed E-state index contributed by atoms with van der Waals surface area (Å²) in [6, 6.07) is 7.89. The fourth-order valence-corrected chi connectivity index (χ4v) is 2.23. The van der Waals surface area contributed by atoms with Gasteiger partial charge in [0.05, 0.1) is 15.4 Å². The highest BCUT2D eigenvalue weighted by atomic mass is 16.6. The lowest BCUT2D eigenvalue weighted by atomic mass is 10.1. The van der Waals surface area contributed by atoms with E-state index in [9.17, 15) is 20.2 Å². The van der Waals surface area contributed by atoms with Gasteiger partial charge in [-0.15, -0.1) is 0 Å². The maximum atomic E-state index is 10.9. The number of benzene rings is 2. The van der Waals surface area contributed by atoms with Crippen LogP contribution in [0.3, 0.4) is 0 Å². The standard InChI is InChI=1S/C14H10N6O4/c15-11-3-1-7(19(21)22)5-9(11)14-17-12-4-2-8(20(23)24)6-10(12)13(16)18-14/h1-6H,15H2,(H2,16,17,18). The van der Waals surface area contributed by atoms with Crippen molar-refractivity contribution in [2.45, 2.75) is 0 Å². The summed E-state index contributed by atoms with van der Waals surface area (Å²) in [6.07, 6.45) is 0. The Morgan fingerprint density at radius 1 is 0.875 bits per heavy atom. The molecule has 0 fully saturated rings.